The third-order valence-electron chi connectivity index (χ3n) is 11.2. The second kappa shape index (κ2) is 20.0. The monoisotopic (exact) mass is 892 g/mol. The van der Waals surface area contributed by atoms with Crippen LogP contribution in [-0.4, -0.2) is 3.21 Å². The Bertz CT molecular complexity index is 2040. The van der Waals surface area contributed by atoms with Gasteiger partial charge in [-0.15, -0.1) is 39.7 Å². The minimum Gasteiger partial charge on any atom is -1.00 e. The van der Waals surface area contributed by atoms with Crippen LogP contribution in [0.5, 0.6) is 0 Å². The summed E-state index contributed by atoms with van der Waals surface area (Å²) in [5, 5.41) is 5.49. The van der Waals surface area contributed by atoms with Gasteiger partial charge in [0.05, 0.1) is 0 Å². The Kier molecular flexibility index (Phi) is 17.8. The quantitative estimate of drug-likeness (QED) is 0.158. The first kappa shape index (κ1) is 51.7. The first-order valence-corrected chi connectivity index (χ1v) is 22.3. The molecule has 1 unspecified atom stereocenters. The number of fused-ring (bicyclic) bond motifs is 3. The molecule has 0 bridgehead atoms. The number of hydrogen-bond donors (Lipinski definition) is 0. The van der Waals surface area contributed by atoms with E-state index in [9.17, 15) is 0 Å². The molecule has 0 saturated carbocycles. The molecule has 0 nitrogen and oxygen atoms in total. The summed E-state index contributed by atoms with van der Waals surface area (Å²) in [6.07, 6.45) is 8.28. The van der Waals surface area contributed by atoms with Crippen molar-refractivity contribution in [3.63, 3.8) is 0 Å². The van der Waals surface area contributed by atoms with Crippen molar-refractivity contribution in [2.45, 2.75) is 152 Å². The fourth-order valence-corrected chi connectivity index (χ4v) is 8.05. The van der Waals surface area contributed by atoms with Gasteiger partial charge in [-0.25, -0.2) is 5.57 Å². The fourth-order valence-electron chi connectivity index (χ4n) is 7.23. The Morgan fingerprint density at radius 2 is 0.862 bits per heavy atom. The molecular formula is C55H72Cl2Zr-2. The number of halogens is 2. The van der Waals surface area contributed by atoms with Crippen LogP contribution < -0.4 is 24.8 Å². The van der Waals surface area contributed by atoms with E-state index in [1.807, 2.05) is 0 Å². The zero-order valence-electron chi connectivity index (χ0n) is 39.0. The molecule has 1 aliphatic rings. The van der Waals surface area contributed by atoms with Crippen molar-refractivity contribution in [1.82, 2.24) is 0 Å². The van der Waals surface area contributed by atoms with Gasteiger partial charge in [0.1, 0.15) is 0 Å². The Labute approximate surface area is 382 Å². The molecule has 0 aliphatic heterocycles. The van der Waals surface area contributed by atoms with E-state index in [-0.39, 0.29) is 46.5 Å². The van der Waals surface area contributed by atoms with Crippen molar-refractivity contribution >= 4 is 24.8 Å². The van der Waals surface area contributed by atoms with Crippen LogP contribution in [0, 0.1) is 17.4 Å². The predicted octanol–water partition coefficient (Wildman–Crippen LogP) is 9.85. The molecule has 0 fully saturated rings. The van der Waals surface area contributed by atoms with Gasteiger partial charge in [-0.1, -0.05) is 136 Å². The second-order valence-electron chi connectivity index (χ2n) is 21.1. The summed E-state index contributed by atoms with van der Waals surface area (Å²) in [4.78, 5) is 0. The van der Waals surface area contributed by atoms with Crippen LogP contribution in [0.25, 0.3) is 21.5 Å². The van der Waals surface area contributed by atoms with E-state index in [0.717, 1.165) is 6.42 Å². The van der Waals surface area contributed by atoms with Gasteiger partial charge >= 0.3 is 151 Å². The first-order chi connectivity index (χ1) is 25.7. The number of rotatable bonds is 4. The van der Waals surface area contributed by atoms with Gasteiger partial charge in [-0.3, -0.25) is 6.08 Å². The Balaban J connectivity index is 0.000000305. The average Bonchev–Trinajstić information content (AvgIpc) is 3.72. The van der Waals surface area contributed by atoms with Crippen LogP contribution in [-0.2, 0) is 45.9 Å². The average molecular weight is 895 g/mol. The maximum absolute atomic E-state index is 3.57. The second-order valence-corrected chi connectivity index (χ2v) is 22.3. The van der Waals surface area contributed by atoms with Crippen LogP contribution in [0.4, 0.5) is 0 Å². The van der Waals surface area contributed by atoms with E-state index in [2.05, 4.69) is 221 Å². The summed E-state index contributed by atoms with van der Waals surface area (Å²) in [6.45, 7) is 38.5. The van der Waals surface area contributed by atoms with Crippen LogP contribution in [0.1, 0.15) is 164 Å². The van der Waals surface area contributed by atoms with Crippen LogP contribution in [0.2, 0.25) is 0 Å². The molecule has 312 valence electrons. The molecule has 58 heavy (non-hydrogen) atoms. The minimum atomic E-state index is 0. The SMILES string of the molecule is CC(C)(C)c1ccc([C](=[Zr+2])c2ccc(C(C)(C)C)cc2)cc1.CC(C)(C)c1ccc2[cH-]c3ccc(C(C)(C)C)cc3c2c1.CCC1=[C-]C(CC)C=C1C(C)(C)C.[Cl-].[Cl-]. The summed E-state index contributed by atoms with van der Waals surface area (Å²) in [6, 6.07) is 34.3. The standard InChI is InChI=1S/C21H25.C21H26.C13H21.2ClH.Zr/c1-20(2,3)16-9-7-14-11-15-8-10-17(21(4,5)6)13-19(15)18(14)12-16;1-20(2,3)18-11-7-16(8-12-18)15-17-9-13-19(14-10-17)21(4,5)6;1-6-10-8-11(7-2)12(9-10)13(3,4)5;;;/h7-13H,1-6H3;7-14H,1-6H3;9-10H,6-7H2,1-5H3;2*1H;/q-1;;-1;;;+2/p-2. The summed E-state index contributed by atoms with van der Waals surface area (Å²) in [5.74, 6) is 0.573. The molecular weight excluding hydrogens is 823 g/mol. The van der Waals surface area contributed by atoms with Crippen molar-refractivity contribution in [2.75, 3.05) is 0 Å². The van der Waals surface area contributed by atoms with Crippen molar-refractivity contribution in [1.29, 1.82) is 0 Å². The molecule has 5 aromatic carbocycles. The summed E-state index contributed by atoms with van der Waals surface area (Å²) >= 11 is 1.46. The molecule has 3 heteroatoms. The van der Waals surface area contributed by atoms with Gasteiger partial charge in [-0.05, 0) is 10.8 Å². The first-order valence-electron chi connectivity index (χ1n) is 21.0. The van der Waals surface area contributed by atoms with E-state index in [1.54, 1.807) is 0 Å². The summed E-state index contributed by atoms with van der Waals surface area (Å²) in [7, 11) is 0. The van der Waals surface area contributed by atoms with Gasteiger partial charge < -0.3 is 24.8 Å². The minimum absolute atomic E-state index is 0. The number of allylic oxidation sites excluding steroid dienone is 4. The van der Waals surface area contributed by atoms with Crippen LogP contribution in [0.3, 0.4) is 0 Å². The molecule has 6 rings (SSSR count). The molecule has 0 saturated heterocycles. The largest absolute Gasteiger partial charge is 1.00 e. The van der Waals surface area contributed by atoms with E-state index >= 15 is 0 Å². The van der Waals surface area contributed by atoms with Crippen molar-refractivity contribution in [3.05, 3.63) is 148 Å². The molecule has 0 spiro atoms. The smallest absolute Gasteiger partial charge is 0.0145 e. The normalized spacial score (nSPS) is 14.6. The van der Waals surface area contributed by atoms with Gasteiger partial charge in [0.15, 0.2) is 0 Å². The maximum Gasteiger partial charge on any atom is -0.0145 e. The van der Waals surface area contributed by atoms with E-state index in [1.165, 1.54) is 99.9 Å². The fraction of sp³-hybridized carbons (Fsp3) is 0.455. The van der Waals surface area contributed by atoms with Gasteiger partial charge in [0.2, 0.25) is 0 Å². The van der Waals surface area contributed by atoms with E-state index < -0.39 is 0 Å². The molecule has 0 heterocycles. The van der Waals surface area contributed by atoms with Crippen molar-refractivity contribution in [3.8, 4) is 0 Å². The zero-order chi connectivity index (χ0) is 42.0. The topological polar surface area (TPSA) is 0 Å². The molecule has 0 N–H and O–H groups in total. The Morgan fingerprint density at radius 3 is 1.14 bits per heavy atom. The van der Waals surface area contributed by atoms with Gasteiger partial charge in [-0.2, -0.15) is 11.6 Å². The molecule has 1 atom stereocenters. The van der Waals surface area contributed by atoms with Crippen molar-refractivity contribution in [2.24, 2.45) is 11.3 Å². The third kappa shape index (κ3) is 13.3. The van der Waals surface area contributed by atoms with Crippen LogP contribution in [0.15, 0.2) is 108 Å². The molecule has 0 amide bonds. The summed E-state index contributed by atoms with van der Waals surface area (Å²) < 4.78 is 1.42. The van der Waals surface area contributed by atoms with E-state index in [4.69, 9.17) is 0 Å². The van der Waals surface area contributed by atoms with Gasteiger partial charge in [0.25, 0.3) is 0 Å². The Hall–Kier alpha value is -2.44. The third-order valence-corrected chi connectivity index (χ3v) is 12.6. The number of benzene rings is 4. The van der Waals surface area contributed by atoms with E-state index in [0.29, 0.717) is 11.3 Å². The molecule has 0 radical (unpaired) electrons. The van der Waals surface area contributed by atoms with Gasteiger partial charge in [0, 0.05) is 0 Å². The van der Waals surface area contributed by atoms with Crippen molar-refractivity contribution < 1.29 is 49.0 Å². The van der Waals surface area contributed by atoms with Crippen LogP contribution >= 0.6 is 0 Å². The molecule has 1 aliphatic carbocycles. The zero-order valence-corrected chi connectivity index (χ0v) is 43.0. The predicted molar refractivity (Wildman–Crippen MR) is 246 cm³/mol. The Morgan fingerprint density at radius 1 is 0.517 bits per heavy atom. The molecule has 5 aromatic rings. The maximum atomic E-state index is 3.57. The number of hydrogen-bond acceptors (Lipinski definition) is 0. The molecule has 0 aromatic heterocycles. The summed E-state index contributed by atoms with van der Waals surface area (Å²) in [5.41, 5.74) is 12.4.